The first kappa shape index (κ1) is 7.54. The van der Waals surface area contributed by atoms with E-state index in [0.717, 1.165) is 17.5 Å². The zero-order valence-corrected chi connectivity index (χ0v) is 6.13. The van der Waals surface area contributed by atoms with Crippen molar-refractivity contribution in [3.05, 3.63) is 36.2 Å². The van der Waals surface area contributed by atoms with Crippen LogP contribution in [0.5, 0.6) is 0 Å². The van der Waals surface area contributed by atoms with Crippen LogP contribution in [0, 0.1) is 0 Å². The van der Waals surface area contributed by atoms with Crippen molar-refractivity contribution >= 4 is 18.4 Å². The molecule has 56 valence electrons. The molecule has 0 atom stereocenters. The second-order valence-electron chi connectivity index (χ2n) is 2.12. The van der Waals surface area contributed by atoms with Crippen molar-refractivity contribution in [3.8, 4) is 0 Å². The van der Waals surface area contributed by atoms with Gasteiger partial charge in [0.1, 0.15) is 0 Å². The summed E-state index contributed by atoms with van der Waals surface area (Å²) in [5, 5.41) is 0. The van der Waals surface area contributed by atoms with Crippen molar-refractivity contribution < 1.29 is 4.79 Å². The number of rotatable bonds is 3. The summed E-state index contributed by atoms with van der Waals surface area (Å²) >= 11 is 0. The second kappa shape index (κ2) is 3.01. The fourth-order valence-electron chi connectivity index (χ4n) is 0.910. The van der Waals surface area contributed by atoms with Crippen molar-refractivity contribution in [2.75, 3.05) is 0 Å². The standard InChI is InChI=1S/C9H9NO/c1-3-7-5-8(6-11)10-9(7)4-2/h3-6,10H,1-2H2. The van der Waals surface area contributed by atoms with Crippen LogP contribution in [0.4, 0.5) is 0 Å². The number of hydrogen-bond donors (Lipinski definition) is 1. The van der Waals surface area contributed by atoms with Gasteiger partial charge in [-0.1, -0.05) is 19.2 Å². The van der Waals surface area contributed by atoms with Gasteiger partial charge in [0.25, 0.3) is 0 Å². The minimum atomic E-state index is 0.551. The molecule has 0 radical (unpaired) electrons. The molecule has 1 rings (SSSR count). The maximum atomic E-state index is 10.3. The van der Waals surface area contributed by atoms with E-state index in [1.54, 1.807) is 18.2 Å². The number of aromatic amines is 1. The molecule has 0 bridgehead atoms. The minimum absolute atomic E-state index is 0.551. The van der Waals surface area contributed by atoms with Crippen molar-refractivity contribution in [3.63, 3.8) is 0 Å². The van der Waals surface area contributed by atoms with Gasteiger partial charge in [-0.25, -0.2) is 0 Å². The molecule has 0 saturated heterocycles. The highest BCUT2D eigenvalue weighted by molar-refractivity contribution is 5.77. The van der Waals surface area contributed by atoms with Gasteiger partial charge in [0.15, 0.2) is 6.29 Å². The topological polar surface area (TPSA) is 32.9 Å². The van der Waals surface area contributed by atoms with Crippen LogP contribution in [0.2, 0.25) is 0 Å². The highest BCUT2D eigenvalue weighted by atomic mass is 16.1. The van der Waals surface area contributed by atoms with E-state index >= 15 is 0 Å². The maximum Gasteiger partial charge on any atom is 0.166 e. The first-order valence-corrected chi connectivity index (χ1v) is 3.25. The third-order valence-corrected chi connectivity index (χ3v) is 1.45. The van der Waals surface area contributed by atoms with E-state index in [2.05, 4.69) is 18.1 Å². The summed E-state index contributed by atoms with van der Waals surface area (Å²) in [7, 11) is 0. The summed E-state index contributed by atoms with van der Waals surface area (Å²) in [5.41, 5.74) is 2.29. The molecule has 0 fully saturated rings. The molecule has 0 aliphatic rings. The smallest absolute Gasteiger partial charge is 0.166 e. The first-order chi connectivity index (χ1) is 5.31. The molecule has 0 unspecified atom stereocenters. The molecular weight excluding hydrogens is 138 g/mol. The number of hydrogen-bond acceptors (Lipinski definition) is 1. The van der Waals surface area contributed by atoms with E-state index in [-0.39, 0.29) is 0 Å². The van der Waals surface area contributed by atoms with Gasteiger partial charge in [0, 0.05) is 5.69 Å². The Balaban J connectivity index is 3.21. The fraction of sp³-hybridized carbons (Fsp3) is 0. The SMILES string of the molecule is C=Cc1cc(C=O)[nH]c1C=C. The zero-order valence-electron chi connectivity index (χ0n) is 6.13. The largest absolute Gasteiger partial charge is 0.352 e. The van der Waals surface area contributed by atoms with Gasteiger partial charge in [-0.15, -0.1) is 0 Å². The van der Waals surface area contributed by atoms with Gasteiger partial charge in [-0.2, -0.15) is 0 Å². The molecule has 1 aromatic heterocycles. The van der Waals surface area contributed by atoms with Crippen molar-refractivity contribution in [2.45, 2.75) is 0 Å². The summed E-state index contributed by atoms with van der Waals surface area (Å²) in [4.78, 5) is 13.2. The van der Waals surface area contributed by atoms with Gasteiger partial charge < -0.3 is 4.98 Å². The lowest BCUT2D eigenvalue weighted by molar-refractivity contribution is 0.111. The normalized spacial score (nSPS) is 9.09. The van der Waals surface area contributed by atoms with Crippen molar-refractivity contribution in [2.24, 2.45) is 0 Å². The van der Waals surface area contributed by atoms with Gasteiger partial charge >= 0.3 is 0 Å². The molecule has 0 aliphatic heterocycles. The lowest BCUT2D eigenvalue weighted by Gasteiger charge is -1.86. The summed E-state index contributed by atoms with van der Waals surface area (Å²) in [6.07, 6.45) is 4.10. The number of nitrogens with one attached hydrogen (secondary N) is 1. The van der Waals surface area contributed by atoms with Gasteiger partial charge in [-0.05, 0) is 17.7 Å². The highest BCUT2D eigenvalue weighted by Gasteiger charge is 1.99. The molecule has 0 amide bonds. The lowest BCUT2D eigenvalue weighted by Crippen LogP contribution is -1.77. The average Bonchev–Trinajstić information content (AvgIpc) is 2.46. The summed E-state index contributed by atoms with van der Waals surface area (Å²) in [6.45, 7) is 7.20. The van der Waals surface area contributed by atoms with Crippen LogP contribution in [0.1, 0.15) is 21.7 Å². The van der Waals surface area contributed by atoms with Crippen LogP contribution >= 0.6 is 0 Å². The summed E-state index contributed by atoms with van der Waals surface area (Å²) < 4.78 is 0. The number of carbonyl (C=O) groups excluding carboxylic acids is 1. The monoisotopic (exact) mass is 147 g/mol. The highest BCUT2D eigenvalue weighted by Crippen LogP contribution is 2.11. The van der Waals surface area contributed by atoms with E-state index in [9.17, 15) is 4.79 Å². The summed E-state index contributed by atoms with van der Waals surface area (Å²) in [6, 6.07) is 1.73. The zero-order chi connectivity index (χ0) is 8.27. The van der Waals surface area contributed by atoms with E-state index in [1.165, 1.54) is 0 Å². The van der Waals surface area contributed by atoms with E-state index in [4.69, 9.17) is 0 Å². The van der Waals surface area contributed by atoms with Crippen molar-refractivity contribution in [1.82, 2.24) is 4.98 Å². The van der Waals surface area contributed by atoms with Gasteiger partial charge in [0.05, 0.1) is 5.69 Å². The Labute approximate surface area is 65.2 Å². The van der Waals surface area contributed by atoms with Crippen molar-refractivity contribution in [1.29, 1.82) is 0 Å². The molecule has 0 aliphatic carbocycles. The predicted octanol–water partition coefficient (Wildman–Crippen LogP) is 2.11. The Hall–Kier alpha value is -1.57. The molecule has 1 N–H and O–H groups in total. The third kappa shape index (κ3) is 1.29. The Morgan fingerprint density at radius 1 is 1.36 bits per heavy atom. The van der Waals surface area contributed by atoms with Crippen LogP contribution in [-0.4, -0.2) is 11.3 Å². The molecule has 11 heavy (non-hydrogen) atoms. The number of H-pyrrole nitrogens is 1. The Morgan fingerprint density at radius 3 is 2.45 bits per heavy atom. The molecule has 1 heterocycles. The van der Waals surface area contributed by atoms with Crippen LogP contribution in [-0.2, 0) is 0 Å². The Kier molecular flexibility index (Phi) is 2.06. The van der Waals surface area contributed by atoms with Gasteiger partial charge in [0.2, 0.25) is 0 Å². The predicted molar refractivity (Wildman–Crippen MR) is 46.4 cm³/mol. The molecule has 0 aromatic carbocycles. The van der Waals surface area contributed by atoms with E-state index in [1.807, 2.05) is 0 Å². The summed E-state index contributed by atoms with van der Waals surface area (Å²) in [5.74, 6) is 0. The molecule has 2 heteroatoms. The Bertz CT molecular complexity index is 271. The number of carbonyl (C=O) groups is 1. The quantitative estimate of drug-likeness (QED) is 0.652. The fourth-order valence-corrected chi connectivity index (χ4v) is 0.910. The van der Waals surface area contributed by atoms with Crippen LogP contribution in [0.3, 0.4) is 0 Å². The number of aromatic nitrogens is 1. The number of aldehydes is 1. The van der Waals surface area contributed by atoms with Crippen LogP contribution in [0.15, 0.2) is 19.2 Å². The Morgan fingerprint density at radius 2 is 2.09 bits per heavy atom. The van der Waals surface area contributed by atoms with E-state index in [0.29, 0.717) is 5.69 Å². The molecule has 0 spiro atoms. The first-order valence-electron chi connectivity index (χ1n) is 3.25. The molecule has 1 aromatic rings. The average molecular weight is 147 g/mol. The molecule has 2 nitrogen and oxygen atoms in total. The minimum Gasteiger partial charge on any atom is -0.352 e. The lowest BCUT2D eigenvalue weighted by atomic mass is 10.2. The molecular formula is C9H9NO. The van der Waals surface area contributed by atoms with E-state index < -0.39 is 0 Å². The maximum absolute atomic E-state index is 10.3. The van der Waals surface area contributed by atoms with Gasteiger partial charge in [-0.3, -0.25) is 4.79 Å². The van der Waals surface area contributed by atoms with Crippen LogP contribution in [0.25, 0.3) is 12.2 Å². The second-order valence-corrected chi connectivity index (χ2v) is 2.12. The third-order valence-electron chi connectivity index (χ3n) is 1.45. The van der Waals surface area contributed by atoms with Crippen LogP contribution < -0.4 is 0 Å². The molecule has 0 saturated carbocycles.